The fraction of sp³-hybridized carbons (Fsp3) is 0.500. The summed E-state index contributed by atoms with van der Waals surface area (Å²) in [5.74, 6) is 0. The van der Waals surface area contributed by atoms with Crippen molar-refractivity contribution in [2.24, 2.45) is 0 Å². The number of nitrogens with zero attached hydrogens (tertiary/aromatic N) is 2. The average Bonchev–Trinajstić information content (AvgIpc) is 2.53. The smallest absolute Gasteiger partial charge is 0.0616 e. The number of allylic oxidation sites excluding steroid dienone is 1. The first-order valence-electron chi connectivity index (χ1n) is 4.58. The maximum absolute atomic E-state index is 4.24. The topological polar surface area (TPSA) is 29.9 Å². The first kappa shape index (κ1) is 9.99. The lowest BCUT2D eigenvalue weighted by Crippen LogP contribution is -2.04. The molecule has 0 aliphatic carbocycles. The Morgan fingerprint density at radius 2 is 2.46 bits per heavy atom. The number of rotatable bonds is 5. The highest BCUT2D eigenvalue weighted by molar-refractivity contribution is 5.05. The summed E-state index contributed by atoms with van der Waals surface area (Å²) in [6.45, 7) is 7.77. The minimum atomic E-state index is 0.834. The number of aromatic nitrogens is 2. The molecule has 0 saturated heterocycles. The molecule has 0 unspecified atom stereocenters. The molecule has 0 spiro atoms. The molecule has 0 saturated carbocycles. The minimum absolute atomic E-state index is 0.834. The maximum atomic E-state index is 4.24. The summed E-state index contributed by atoms with van der Waals surface area (Å²) in [6.07, 6.45) is 4.96. The Balaban J connectivity index is 2.53. The van der Waals surface area contributed by atoms with Crippen LogP contribution < -0.4 is 5.32 Å². The quantitative estimate of drug-likeness (QED) is 0.695. The van der Waals surface area contributed by atoms with Crippen LogP contribution >= 0.6 is 0 Å². The third-order valence-corrected chi connectivity index (χ3v) is 1.95. The van der Waals surface area contributed by atoms with Gasteiger partial charge in [-0.15, -0.1) is 0 Å². The van der Waals surface area contributed by atoms with Gasteiger partial charge in [0.2, 0.25) is 0 Å². The van der Waals surface area contributed by atoms with Crippen LogP contribution in [0.3, 0.4) is 0 Å². The van der Waals surface area contributed by atoms with Gasteiger partial charge in [0.1, 0.15) is 0 Å². The molecule has 1 rings (SSSR count). The van der Waals surface area contributed by atoms with Gasteiger partial charge in [-0.3, -0.25) is 4.68 Å². The van der Waals surface area contributed by atoms with Gasteiger partial charge in [0.15, 0.2) is 0 Å². The van der Waals surface area contributed by atoms with Gasteiger partial charge in [0.25, 0.3) is 0 Å². The second-order valence-electron chi connectivity index (χ2n) is 3.18. The van der Waals surface area contributed by atoms with Crippen LogP contribution in [0.15, 0.2) is 24.5 Å². The van der Waals surface area contributed by atoms with Crippen LogP contribution in [0.1, 0.15) is 18.9 Å². The Bertz CT molecular complexity index is 275. The van der Waals surface area contributed by atoms with Crippen molar-refractivity contribution in [2.75, 3.05) is 7.05 Å². The van der Waals surface area contributed by atoms with E-state index in [9.17, 15) is 0 Å². The van der Waals surface area contributed by atoms with Gasteiger partial charge < -0.3 is 5.32 Å². The highest BCUT2D eigenvalue weighted by Gasteiger charge is 1.97. The SMILES string of the molecule is C=C(CC)Cn1cc(CNC)cn1. The molecule has 3 nitrogen and oxygen atoms in total. The van der Waals surface area contributed by atoms with Crippen molar-refractivity contribution < 1.29 is 0 Å². The van der Waals surface area contributed by atoms with E-state index in [2.05, 4.69) is 30.1 Å². The fourth-order valence-corrected chi connectivity index (χ4v) is 1.13. The average molecular weight is 179 g/mol. The van der Waals surface area contributed by atoms with E-state index in [-0.39, 0.29) is 0 Å². The summed E-state index contributed by atoms with van der Waals surface area (Å²) in [7, 11) is 1.93. The normalized spacial score (nSPS) is 10.3. The van der Waals surface area contributed by atoms with Crippen molar-refractivity contribution in [3.05, 3.63) is 30.1 Å². The Hall–Kier alpha value is -1.09. The lowest BCUT2D eigenvalue weighted by atomic mass is 10.2. The van der Waals surface area contributed by atoms with Gasteiger partial charge in [0, 0.05) is 18.3 Å². The van der Waals surface area contributed by atoms with Gasteiger partial charge in [-0.1, -0.05) is 19.1 Å². The van der Waals surface area contributed by atoms with Crippen molar-refractivity contribution in [3.63, 3.8) is 0 Å². The van der Waals surface area contributed by atoms with E-state index in [4.69, 9.17) is 0 Å². The van der Waals surface area contributed by atoms with Crippen molar-refractivity contribution in [1.29, 1.82) is 0 Å². The van der Waals surface area contributed by atoms with Gasteiger partial charge in [-0.2, -0.15) is 5.10 Å². The first-order chi connectivity index (χ1) is 6.26. The zero-order chi connectivity index (χ0) is 9.68. The summed E-state index contributed by atoms with van der Waals surface area (Å²) < 4.78 is 1.93. The zero-order valence-corrected chi connectivity index (χ0v) is 8.38. The van der Waals surface area contributed by atoms with Crippen LogP contribution in [0, 0.1) is 0 Å². The van der Waals surface area contributed by atoms with Crippen LogP contribution in [-0.2, 0) is 13.1 Å². The monoisotopic (exact) mass is 179 g/mol. The molecule has 1 N–H and O–H groups in total. The van der Waals surface area contributed by atoms with Crippen LogP contribution in [-0.4, -0.2) is 16.8 Å². The van der Waals surface area contributed by atoms with E-state index in [1.807, 2.05) is 17.9 Å². The van der Waals surface area contributed by atoms with Crippen molar-refractivity contribution in [1.82, 2.24) is 15.1 Å². The second kappa shape index (κ2) is 4.82. The second-order valence-corrected chi connectivity index (χ2v) is 3.18. The highest BCUT2D eigenvalue weighted by Crippen LogP contribution is 2.03. The Morgan fingerprint density at radius 3 is 3.08 bits per heavy atom. The molecule has 13 heavy (non-hydrogen) atoms. The van der Waals surface area contributed by atoms with E-state index in [0.717, 1.165) is 19.5 Å². The van der Waals surface area contributed by atoms with Crippen molar-refractivity contribution >= 4 is 0 Å². The summed E-state index contributed by atoms with van der Waals surface area (Å²) in [5.41, 5.74) is 2.42. The summed E-state index contributed by atoms with van der Waals surface area (Å²) in [4.78, 5) is 0. The van der Waals surface area contributed by atoms with E-state index < -0.39 is 0 Å². The fourth-order valence-electron chi connectivity index (χ4n) is 1.13. The molecule has 0 aliphatic rings. The molecule has 0 radical (unpaired) electrons. The number of hydrogen-bond donors (Lipinski definition) is 1. The molecule has 0 aliphatic heterocycles. The van der Waals surface area contributed by atoms with Crippen LogP contribution in [0.4, 0.5) is 0 Å². The largest absolute Gasteiger partial charge is 0.316 e. The highest BCUT2D eigenvalue weighted by atomic mass is 15.3. The molecular formula is C10H17N3. The molecule has 3 heteroatoms. The molecular weight excluding hydrogens is 162 g/mol. The third kappa shape index (κ3) is 3.03. The molecule has 0 amide bonds. The Labute approximate surface area is 79.5 Å². The van der Waals surface area contributed by atoms with E-state index in [0.29, 0.717) is 0 Å². The molecule has 1 heterocycles. The van der Waals surface area contributed by atoms with Crippen molar-refractivity contribution in [2.45, 2.75) is 26.4 Å². The predicted octanol–water partition coefficient (Wildman–Crippen LogP) is 1.57. The summed E-state index contributed by atoms with van der Waals surface area (Å²) in [5, 5.41) is 7.33. The standard InChI is InChI=1S/C10H17N3/c1-4-9(2)7-13-8-10(5-11-3)6-12-13/h6,8,11H,2,4-5,7H2,1,3H3. The van der Waals surface area contributed by atoms with Crippen LogP contribution in [0.5, 0.6) is 0 Å². The summed E-state index contributed by atoms with van der Waals surface area (Å²) in [6, 6.07) is 0. The molecule has 0 bridgehead atoms. The minimum Gasteiger partial charge on any atom is -0.316 e. The first-order valence-corrected chi connectivity index (χ1v) is 4.58. The van der Waals surface area contributed by atoms with Crippen molar-refractivity contribution in [3.8, 4) is 0 Å². The Kier molecular flexibility index (Phi) is 3.71. The molecule has 0 aromatic carbocycles. The number of nitrogens with one attached hydrogen (secondary N) is 1. The van der Waals surface area contributed by atoms with E-state index in [1.54, 1.807) is 0 Å². The van der Waals surface area contributed by atoms with Gasteiger partial charge >= 0.3 is 0 Å². The lowest BCUT2D eigenvalue weighted by molar-refractivity contribution is 0.663. The van der Waals surface area contributed by atoms with Crippen LogP contribution in [0.25, 0.3) is 0 Å². The van der Waals surface area contributed by atoms with Crippen LogP contribution in [0.2, 0.25) is 0 Å². The van der Waals surface area contributed by atoms with Gasteiger partial charge in [-0.25, -0.2) is 0 Å². The molecule has 0 fully saturated rings. The van der Waals surface area contributed by atoms with E-state index in [1.165, 1.54) is 11.1 Å². The van der Waals surface area contributed by atoms with E-state index >= 15 is 0 Å². The third-order valence-electron chi connectivity index (χ3n) is 1.95. The molecule has 1 aromatic heterocycles. The van der Waals surface area contributed by atoms with Gasteiger partial charge in [0.05, 0.1) is 12.7 Å². The number of hydrogen-bond acceptors (Lipinski definition) is 2. The lowest BCUT2D eigenvalue weighted by Gasteiger charge is -2.01. The molecule has 72 valence electrons. The summed E-state index contributed by atoms with van der Waals surface area (Å²) >= 11 is 0. The van der Waals surface area contributed by atoms with Gasteiger partial charge in [-0.05, 0) is 13.5 Å². The Morgan fingerprint density at radius 1 is 1.69 bits per heavy atom. The predicted molar refractivity (Wildman–Crippen MR) is 54.4 cm³/mol. The molecule has 0 atom stereocenters. The maximum Gasteiger partial charge on any atom is 0.0616 e. The molecule has 1 aromatic rings. The zero-order valence-electron chi connectivity index (χ0n) is 8.38.